The van der Waals surface area contributed by atoms with Gasteiger partial charge in [0.2, 0.25) is 0 Å². The lowest BCUT2D eigenvalue weighted by Gasteiger charge is -2.18. The maximum atomic E-state index is 13.4. The fourth-order valence-corrected chi connectivity index (χ4v) is 2.26. The van der Waals surface area contributed by atoms with Crippen molar-refractivity contribution in [3.63, 3.8) is 0 Å². The largest absolute Gasteiger partial charge is 0.496 e. The van der Waals surface area contributed by atoms with Gasteiger partial charge in [-0.1, -0.05) is 29.8 Å². The zero-order chi connectivity index (χ0) is 16.8. The molecular formula is C18H20FNO3. The topological polar surface area (TPSA) is 47.6 Å². The number of amides is 1. The van der Waals surface area contributed by atoms with Gasteiger partial charge in [0.05, 0.1) is 13.2 Å². The molecule has 1 atom stereocenters. The number of halogens is 1. The predicted molar refractivity (Wildman–Crippen MR) is 86.2 cm³/mol. The molecule has 0 heterocycles. The van der Waals surface area contributed by atoms with Gasteiger partial charge in [-0.3, -0.25) is 4.79 Å². The Balaban J connectivity index is 1.97. The van der Waals surface area contributed by atoms with Crippen molar-refractivity contribution >= 4 is 5.91 Å². The van der Waals surface area contributed by atoms with E-state index in [1.54, 1.807) is 19.2 Å². The van der Waals surface area contributed by atoms with E-state index in [2.05, 4.69) is 5.32 Å². The number of rotatable bonds is 6. The van der Waals surface area contributed by atoms with E-state index in [1.165, 1.54) is 12.1 Å². The van der Waals surface area contributed by atoms with Gasteiger partial charge < -0.3 is 14.8 Å². The minimum absolute atomic E-state index is 0.0587. The van der Waals surface area contributed by atoms with Crippen molar-refractivity contribution in [3.05, 3.63) is 59.4 Å². The number of hydrogen-bond acceptors (Lipinski definition) is 3. The summed E-state index contributed by atoms with van der Waals surface area (Å²) in [5.41, 5.74) is 1.95. The lowest BCUT2D eigenvalue weighted by atomic mass is 10.0. The summed E-state index contributed by atoms with van der Waals surface area (Å²) in [5, 5.41) is 2.82. The van der Waals surface area contributed by atoms with Gasteiger partial charge in [0, 0.05) is 5.56 Å². The van der Waals surface area contributed by atoms with Crippen LogP contribution in [0.3, 0.4) is 0 Å². The van der Waals surface area contributed by atoms with E-state index in [0.717, 1.165) is 11.1 Å². The Bertz CT molecular complexity index is 688. The molecule has 1 N–H and O–H groups in total. The van der Waals surface area contributed by atoms with Gasteiger partial charge in [0.25, 0.3) is 5.91 Å². The van der Waals surface area contributed by atoms with Crippen LogP contribution in [0, 0.1) is 12.7 Å². The third-order valence-electron chi connectivity index (χ3n) is 3.42. The first-order valence-electron chi connectivity index (χ1n) is 7.32. The lowest BCUT2D eigenvalue weighted by molar-refractivity contribution is -0.123. The fraction of sp³-hybridized carbons (Fsp3) is 0.278. The Morgan fingerprint density at radius 3 is 2.65 bits per heavy atom. The SMILES string of the molecule is COc1ccc(C)cc1C(C)NC(=O)COc1ccccc1F. The standard InChI is InChI=1S/C18H20FNO3/c1-12-8-9-16(22-3)14(10-12)13(2)20-18(21)11-23-17-7-5-4-6-15(17)19/h4-10,13H,11H2,1-3H3,(H,20,21). The molecule has 0 spiro atoms. The van der Waals surface area contributed by atoms with Crippen LogP contribution in [0.15, 0.2) is 42.5 Å². The van der Waals surface area contributed by atoms with E-state index < -0.39 is 5.82 Å². The van der Waals surface area contributed by atoms with Gasteiger partial charge in [-0.2, -0.15) is 0 Å². The molecule has 5 heteroatoms. The fourth-order valence-electron chi connectivity index (χ4n) is 2.26. The highest BCUT2D eigenvalue weighted by molar-refractivity contribution is 5.78. The Hall–Kier alpha value is -2.56. The van der Waals surface area contributed by atoms with E-state index in [0.29, 0.717) is 5.75 Å². The van der Waals surface area contributed by atoms with E-state index >= 15 is 0 Å². The molecule has 2 rings (SSSR count). The zero-order valence-electron chi connectivity index (χ0n) is 13.4. The Morgan fingerprint density at radius 2 is 1.96 bits per heavy atom. The van der Waals surface area contributed by atoms with Crippen LogP contribution in [0.2, 0.25) is 0 Å². The Morgan fingerprint density at radius 1 is 1.22 bits per heavy atom. The molecular weight excluding hydrogens is 297 g/mol. The summed E-state index contributed by atoms with van der Waals surface area (Å²) >= 11 is 0. The van der Waals surface area contributed by atoms with Gasteiger partial charge in [-0.05, 0) is 32.0 Å². The summed E-state index contributed by atoms with van der Waals surface area (Å²) in [5.74, 6) is -0.0557. The number of carbonyl (C=O) groups excluding carboxylic acids is 1. The molecule has 1 amide bonds. The highest BCUT2D eigenvalue weighted by Gasteiger charge is 2.15. The number of aryl methyl sites for hydroxylation is 1. The number of carbonyl (C=O) groups is 1. The molecule has 0 aliphatic carbocycles. The lowest BCUT2D eigenvalue weighted by Crippen LogP contribution is -2.31. The summed E-state index contributed by atoms with van der Waals surface area (Å²) in [6.07, 6.45) is 0. The second-order valence-electron chi connectivity index (χ2n) is 5.25. The van der Waals surface area contributed by atoms with Crippen molar-refractivity contribution in [1.29, 1.82) is 0 Å². The first kappa shape index (κ1) is 16.8. The van der Waals surface area contributed by atoms with E-state index in [4.69, 9.17) is 9.47 Å². The monoisotopic (exact) mass is 317 g/mol. The molecule has 0 bridgehead atoms. The molecule has 4 nitrogen and oxygen atoms in total. The van der Waals surface area contributed by atoms with Crippen molar-refractivity contribution in [2.24, 2.45) is 0 Å². The van der Waals surface area contributed by atoms with Crippen LogP contribution in [0.5, 0.6) is 11.5 Å². The zero-order valence-corrected chi connectivity index (χ0v) is 13.4. The van der Waals surface area contributed by atoms with Gasteiger partial charge in [0.1, 0.15) is 5.75 Å². The third kappa shape index (κ3) is 4.45. The molecule has 23 heavy (non-hydrogen) atoms. The Kier molecular flexibility index (Phi) is 5.57. The van der Waals surface area contributed by atoms with Crippen LogP contribution >= 0.6 is 0 Å². The summed E-state index contributed by atoms with van der Waals surface area (Å²) < 4.78 is 24.0. The van der Waals surface area contributed by atoms with Crippen LogP contribution in [-0.2, 0) is 4.79 Å². The van der Waals surface area contributed by atoms with Gasteiger partial charge in [0.15, 0.2) is 18.2 Å². The van der Waals surface area contributed by atoms with E-state index in [-0.39, 0.29) is 24.3 Å². The number of para-hydroxylation sites is 1. The second-order valence-corrected chi connectivity index (χ2v) is 5.25. The predicted octanol–water partition coefficient (Wildman–Crippen LogP) is 3.40. The number of hydrogen-bond donors (Lipinski definition) is 1. The number of benzene rings is 2. The molecule has 0 saturated heterocycles. The normalized spacial score (nSPS) is 11.7. The average Bonchev–Trinajstić information content (AvgIpc) is 2.54. The van der Waals surface area contributed by atoms with E-state index in [9.17, 15) is 9.18 Å². The van der Waals surface area contributed by atoms with Crippen molar-refractivity contribution in [2.75, 3.05) is 13.7 Å². The maximum Gasteiger partial charge on any atom is 0.258 e. The van der Waals surface area contributed by atoms with Gasteiger partial charge in [-0.15, -0.1) is 0 Å². The van der Waals surface area contributed by atoms with Gasteiger partial charge >= 0.3 is 0 Å². The van der Waals surface area contributed by atoms with Crippen LogP contribution < -0.4 is 14.8 Å². The summed E-state index contributed by atoms with van der Waals surface area (Å²) in [4.78, 5) is 12.0. The number of ether oxygens (including phenoxy) is 2. The smallest absolute Gasteiger partial charge is 0.258 e. The minimum atomic E-state index is -0.492. The van der Waals surface area contributed by atoms with Crippen LogP contribution in [0.1, 0.15) is 24.1 Å². The molecule has 2 aromatic carbocycles. The first-order valence-corrected chi connectivity index (χ1v) is 7.32. The minimum Gasteiger partial charge on any atom is -0.496 e. The quantitative estimate of drug-likeness (QED) is 0.888. The van der Waals surface area contributed by atoms with Crippen molar-refractivity contribution in [3.8, 4) is 11.5 Å². The van der Waals surface area contributed by atoms with E-state index in [1.807, 2.05) is 32.0 Å². The number of methoxy groups -OCH3 is 1. The molecule has 0 saturated carbocycles. The molecule has 1 unspecified atom stereocenters. The molecule has 0 fully saturated rings. The Labute approximate surface area is 135 Å². The highest BCUT2D eigenvalue weighted by Crippen LogP contribution is 2.26. The second kappa shape index (κ2) is 7.63. The maximum absolute atomic E-state index is 13.4. The molecule has 2 aromatic rings. The summed E-state index contributed by atoms with van der Waals surface area (Å²) in [6, 6.07) is 11.5. The summed E-state index contributed by atoms with van der Waals surface area (Å²) in [7, 11) is 1.59. The molecule has 0 aliphatic heterocycles. The van der Waals surface area contributed by atoms with Crippen LogP contribution in [-0.4, -0.2) is 19.6 Å². The number of nitrogens with one attached hydrogen (secondary N) is 1. The van der Waals surface area contributed by atoms with Crippen molar-refractivity contribution < 1.29 is 18.7 Å². The van der Waals surface area contributed by atoms with Crippen LogP contribution in [0.4, 0.5) is 4.39 Å². The molecule has 122 valence electrons. The molecule has 0 aromatic heterocycles. The van der Waals surface area contributed by atoms with Crippen LogP contribution in [0.25, 0.3) is 0 Å². The first-order chi connectivity index (χ1) is 11.0. The van der Waals surface area contributed by atoms with Crippen molar-refractivity contribution in [1.82, 2.24) is 5.32 Å². The van der Waals surface area contributed by atoms with Gasteiger partial charge in [-0.25, -0.2) is 4.39 Å². The average molecular weight is 317 g/mol. The molecule has 0 radical (unpaired) electrons. The highest BCUT2D eigenvalue weighted by atomic mass is 19.1. The van der Waals surface area contributed by atoms with Crippen molar-refractivity contribution in [2.45, 2.75) is 19.9 Å². The third-order valence-corrected chi connectivity index (χ3v) is 3.42. The summed E-state index contributed by atoms with van der Waals surface area (Å²) in [6.45, 7) is 3.58. The molecule has 0 aliphatic rings.